The Morgan fingerprint density at radius 1 is 1.07 bits per heavy atom. The summed E-state index contributed by atoms with van der Waals surface area (Å²) < 4.78 is 20.1. The molecule has 5 rings (SSSR count). The minimum absolute atomic E-state index is 0.183. The van der Waals surface area contributed by atoms with Gasteiger partial charge in [-0.1, -0.05) is 12.1 Å². The number of anilines is 2. The number of rotatable bonds is 4. The Hall–Kier alpha value is -2.79. The van der Waals surface area contributed by atoms with Gasteiger partial charge in [-0.2, -0.15) is 0 Å². The highest BCUT2D eigenvalue weighted by atomic mass is 16.8. The molecule has 0 spiro atoms. The van der Waals surface area contributed by atoms with Gasteiger partial charge in [-0.05, 0) is 12.1 Å². The number of aromatic nitrogens is 4. The van der Waals surface area contributed by atoms with Crippen LogP contribution in [0.1, 0.15) is 18.1 Å². The van der Waals surface area contributed by atoms with Crippen LogP contribution in [-0.2, 0) is 14.2 Å². The predicted octanol–water partition coefficient (Wildman–Crippen LogP) is 0.847. The molecule has 0 amide bonds. The van der Waals surface area contributed by atoms with E-state index >= 15 is 0 Å². The average molecular weight is 398 g/mol. The number of fused-ring (bicyclic) bond motifs is 2. The van der Waals surface area contributed by atoms with Crippen molar-refractivity contribution in [2.45, 2.75) is 30.8 Å². The first kappa shape index (κ1) is 18.3. The number of aliphatic hydroxyl groups excluding tert-OH is 1. The van der Waals surface area contributed by atoms with Crippen LogP contribution in [0.4, 0.5) is 11.5 Å². The van der Waals surface area contributed by atoms with E-state index in [9.17, 15) is 5.11 Å². The van der Waals surface area contributed by atoms with Gasteiger partial charge in [0.1, 0.15) is 30.2 Å². The van der Waals surface area contributed by atoms with Crippen molar-refractivity contribution in [3.63, 3.8) is 0 Å². The molecular weight excluding hydrogens is 376 g/mol. The molecule has 2 aromatic heterocycles. The summed E-state index contributed by atoms with van der Waals surface area (Å²) in [5.74, 6) is 0.296. The molecule has 1 aromatic carbocycles. The predicted molar refractivity (Wildman–Crippen MR) is 104 cm³/mol. The van der Waals surface area contributed by atoms with Gasteiger partial charge in [0.05, 0.1) is 12.9 Å². The van der Waals surface area contributed by atoms with E-state index in [2.05, 4.69) is 15.0 Å². The van der Waals surface area contributed by atoms with Crippen LogP contribution in [0.25, 0.3) is 11.2 Å². The molecule has 3 N–H and O–H groups in total. The summed E-state index contributed by atoms with van der Waals surface area (Å²) in [6.45, 7) is -0.183. The Balaban J connectivity index is 1.45. The molecule has 4 heterocycles. The highest BCUT2D eigenvalue weighted by Crippen LogP contribution is 2.44. The van der Waals surface area contributed by atoms with Gasteiger partial charge in [0.2, 0.25) is 0 Å². The van der Waals surface area contributed by atoms with Crippen LogP contribution in [0.5, 0.6) is 0 Å². The van der Waals surface area contributed by atoms with Gasteiger partial charge in [-0.25, -0.2) is 15.0 Å². The fourth-order valence-corrected chi connectivity index (χ4v) is 3.85. The summed E-state index contributed by atoms with van der Waals surface area (Å²) in [7, 11) is 3.98. The Bertz CT molecular complexity index is 1020. The number of hydrogen-bond acceptors (Lipinski definition) is 9. The second-order valence-corrected chi connectivity index (χ2v) is 7.35. The van der Waals surface area contributed by atoms with Crippen LogP contribution in [0.15, 0.2) is 36.9 Å². The number of imidazole rings is 1. The van der Waals surface area contributed by atoms with E-state index in [1.807, 2.05) is 43.3 Å². The van der Waals surface area contributed by atoms with Gasteiger partial charge in [0, 0.05) is 25.3 Å². The van der Waals surface area contributed by atoms with Crippen molar-refractivity contribution in [2.24, 2.45) is 0 Å². The average Bonchev–Trinajstić information content (AvgIpc) is 3.41. The van der Waals surface area contributed by atoms with Gasteiger partial charge < -0.3 is 30.0 Å². The molecular formula is C19H22N6O4. The monoisotopic (exact) mass is 398 g/mol. The molecule has 0 aliphatic carbocycles. The number of nitrogens with two attached hydrogens (primary N) is 1. The molecule has 0 bridgehead atoms. The summed E-state index contributed by atoms with van der Waals surface area (Å²) in [5, 5.41) is 9.80. The molecule has 10 heteroatoms. The highest BCUT2D eigenvalue weighted by molar-refractivity contribution is 5.81. The van der Waals surface area contributed by atoms with Gasteiger partial charge >= 0.3 is 0 Å². The maximum absolute atomic E-state index is 9.80. The minimum atomic E-state index is -0.553. The second-order valence-electron chi connectivity index (χ2n) is 7.35. The number of hydrogen-bond donors (Lipinski definition) is 2. The standard InChI is InChI=1S/C19H22N6O4/c1-24(2)11-5-3-10(4-6-11)19-28-14-12(7-26)27-18(15(14)29-19)25-9-23-13-16(20)21-8-22-17(13)25/h3-6,8-9,12,14-15,18-19,26H,7H2,1-2H3,(H2,20,21,22). The maximum atomic E-state index is 9.80. The van der Waals surface area contributed by atoms with Crippen LogP contribution in [-0.4, -0.2) is 63.6 Å². The topological polar surface area (TPSA) is 121 Å². The van der Waals surface area contributed by atoms with E-state index in [1.165, 1.54) is 6.33 Å². The summed E-state index contributed by atoms with van der Waals surface area (Å²) in [6, 6.07) is 7.98. The lowest BCUT2D eigenvalue weighted by atomic mass is 10.1. The lowest BCUT2D eigenvalue weighted by Crippen LogP contribution is -2.30. The molecule has 2 aliphatic heterocycles. The van der Waals surface area contributed by atoms with E-state index in [0.717, 1.165) is 11.3 Å². The fourth-order valence-electron chi connectivity index (χ4n) is 3.85. The normalized spacial score (nSPS) is 28.7. The molecule has 0 radical (unpaired) electrons. The summed E-state index contributed by atoms with van der Waals surface area (Å²) >= 11 is 0. The summed E-state index contributed by atoms with van der Waals surface area (Å²) in [4.78, 5) is 14.6. The van der Waals surface area contributed by atoms with Crippen molar-refractivity contribution >= 4 is 22.7 Å². The van der Waals surface area contributed by atoms with E-state index < -0.39 is 30.8 Å². The number of benzene rings is 1. The summed E-state index contributed by atoms with van der Waals surface area (Å²) in [5.41, 5.74) is 8.92. The van der Waals surface area contributed by atoms with Gasteiger partial charge in [-0.3, -0.25) is 4.57 Å². The lowest BCUT2D eigenvalue weighted by molar-refractivity contribution is -0.153. The maximum Gasteiger partial charge on any atom is 0.185 e. The van der Waals surface area contributed by atoms with Crippen LogP contribution >= 0.6 is 0 Å². The third kappa shape index (κ3) is 2.92. The summed E-state index contributed by atoms with van der Waals surface area (Å²) in [6.07, 6.45) is 0.512. The number of ether oxygens (including phenoxy) is 3. The van der Waals surface area contributed by atoms with E-state index in [4.69, 9.17) is 19.9 Å². The van der Waals surface area contributed by atoms with E-state index in [1.54, 1.807) is 10.9 Å². The molecule has 2 saturated heterocycles. The molecule has 2 fully saturated rings. The zero-order chi connectivity index (χ0) is 20.1. The molecule has 29 heavy (non-hydrogen) atoms. The first-order valence-corrected chi connectivity index (χ1v) is 9.34. The Kier molecular flexibility index (Phi) is 4.36. The number of nitrogen functional groups attached to an aromatic ring is 1. The van der Waals surface area contributed by atoms with Crippen molar-refractivity contribution in [2.75, 3.05) is 31.3 Å². The first-order valence-electron chi connectivity index (χ1n) is 9.34. The van der Waals surface area contributed by atoms with Crippen LogP contribution in [0, 0.1) is 0 Å². The van der Waals surface area contributed by atoms with Crippen molar-refractivity contribution in [1.29, 1.82) is 0 Å². The third-order valence-electron chi connectivity index (χ3n) is 5.37. The van der Waals surface area contributed by atoms with Gasteiger partial charge in [0.25, 0.3) is 0 Å². The molecule has 3 aromatic rings. The SMILES string of the molecule is CN(C)c1ccc(C2OC3C(CO)OC(n4cnc5c(N)ncnc54)C3O2)cc1. The lowest BCUT2D eigenvalue weighted by Gasteiger charge is -2.21. The molecule has 10 nitrogen and oxygen atoms in total. The number of aliphatic hydroxyl groups is 1. The molecule has 2 aliphatic rings. The zero-order valence-corrected chi connectivity index (χ0v) is 16.0. The van der Waals surface area contributed by atoms with Gasteiger partial charge in [-0.15, -0.1) is 0 Å². The van der Waals surface area contributed by atoms with Crippen molar-refractivity contribution < 1.29 is 19.3 Å². The van der Waals surface area contributed by atoms with Crippen LogP contribution in [0.3, 0.4) is 0 Å². The van der Waals surface area contributed by atoms with Crippen molar-refractivity contribution in [3.05, 3.63) is 42.5 Å². The van der Waals surface area contributed by atoms with E-state index in [-0.39, 0.29) is 6.61 Å². The Labute approximate surface area is 166 Å². The van der Waals surface area contributed by atoms with Gasteiger partial charge in [0.15, 0.2) is 24.0 Å². The smallest absolute Gasteiger partial charge is 0.185 e. The Morgan fingerprint density at radius 3 is 2.55 bits per heavy atom. The molecule has 152 valence electrons. The van der Waals surface area contributed by atoms with Crippen molar-refractivity contribution in [3.8, 4) is 0 Å². The molecule has 0 saturated carbocycles. The largest absolute Gasteiger partial charge is 0.394 e. The molecule has 5 unspecified atom stereocenters. The fraction of sp³-hybridized carbons (Fsp3) is 0.421. The molecule has 5 atom stereocenters. The third-order valence-corrected chi connectivity index (χ3v) is 5.37. The quantitative estimate of drug-likeness (QED) is 0.659. The number of nitrogens with zero attached hydrogens (tertiary/aromatic N) is 5. The van der Waals surface area contributed by atoms with Crippen LogP contribution < -0.4 is 10.6 Å². The van der Waals surface area contributed by atoms with Crippen molar-refractivity contribution in [1.82, 2.24) is 19.5 Å². The van der Waals surface area contributed by atoms with Crippen LogP contribution in [0.2, 0.25) is 0 Å². The minimum Gasteiger partial charge on any atom is -0.394 e. The highest BCUT2D eigenvalue weighted by Gasteiger charge is 2.53. The second kappa shape index (κ2) is 6.92. The zero-order valence-electron chi connectivity index (χ0n) is 16.0. The van der Waals surface area contributed by atoms with E-state index in [0.29, 0.717) is 17.0 Å². The first-order chi connectivity index (χ1) is 14.1. The Morgan fingerprint density at radius 2 is 1.83 bits per heavy atom.